The molecule has 30 heavy (non-hydrogen) atoms. The van der Waals surface area contributed by atoms with Gasteiger partial charge in [-0.2, -0.15) is 0 Å². The number of pyridine rings is 1. The largest absolute Gasteiger partial charge is 0.496 e. The van der Waals surface area contributed by atoms with E-state index < -0.39 is 0 Å². The van der Waals surface area contributed by atoms with Gasteiger partial charge in [-0.25, -0.2) is 0 Å². The third-order valence-corrected chi connectivity index (χ3v) is 5.88. The molecule has 0 unspecified atom stereocenters. The monoisotopic (exact) mass is 400 g/mol. The predicted octanol–water partition coefficient (Wildman–Crippen LogP) is 5.01. The number of piperidine rings is 1. The van der Waals surface area contributed by atoms with Crippen LogP contribution in [0.2, 0.25) is 0 Å². The normalized spacial score (nSPS) is 14.5. The number of benzene rings is 2. The van der Waals surface area contributed by atoms with Gasteiger partial charge in [-0.3, -0.25) is 9.78 Å². The van der Waals surface area contributed by atoms with Crippen LogP contribution in [-0.2, 0) is 11.2 Å². The van der Waals surface area contributed by atoms with Gasteiger partial charge in [-0.05, 0) is 49.1 Å². The molecule has 4 nitrogen and oxygen atoms in total. The summed E-state index contributed by atoms with van der Waals surface area (Å²) >= 11 is 0. The van der Waals surface area contributed by atoms with E-state index in [0.29, 0.717) is 12.3 Å². The first-order chi connectivity index (χ1) is 14.6. The van der Waals surface area contributed by atoms with Gasteiger partial charge in [0.25, 0.3) is 0 Å². The van der Waals surface area contributed by atoms with Gasteiger partial charge in [-0.15, -0.1) is 0 Å². The lowest BCUT2D eigenvalue weighted by Crippen LogP contribution is -2.39. The smallest absolute Gasteiger partial charge is 0.227 e. The maximum atomic E-state index is 12.8. The SMILES string of the molecule is COc1ccccc1CC(=O)N1CCC(c2cc(-c3ccccc3)cc(C)n2)CC1. The van der Waals surface area contributed by atoms with Crippen molar-refractivity contribution in [3.63, 3.8) is 0 Å². The molecule has 4 rings (SSSR count). The highest BCUT2D eigenvalue weighted by molar-refractivity contribution is 5.79. The van der Waals surface area contributed by atoms with Gasteiger partial charge >= 0.3 is 0 Å². The van der Waals surface area contributed by atoms with Crippen molar-refractivity contribution in [1.82, 2.24) is 9.88 Å². The fourth-order valence-corrected chi connectivity index (χ4v) is 4.25. The van der Waals surface area contributed by atoms with Crippen LogP contribution in [0.4, 0.5) is 0 Å². The van der Waals surface area contributed by atoms with Crippen LogP contribution in [0, 0.1) is 6.92 Å². The third-order valence-electron chi connectivity index (χ3n) is 5.88. The van der Waals surface area contributed by atoms with Gasteiger partial charge in [0.15, 0.2) is 0 Å². The summed E-state index contributed by atoms with van der Waals surface area (Å²) in [5, 5.41) is 0. The molecule has 1 aromatic heterocycles. The van der Waals surface area contributed by atoms with Crippen LogP contribution in [0.5, 0.6) is 5.75 Å². The molecule has 0 radical (unpaired) electrons. The number of methoxy groups -OCH3 is 1. The van der Waals surface area contributed by atoms with E-state index in [0.717, 1.165) is 48.6 Å². The summed E-state index contributed by atoms with van der Waals surface area (Å²) in [5.74, 6) is 1.33. The number of para-hydroxylation sites is 1. The van der Waals surface area contributed by atoms with Gasteiger partial charge in [0.05, 0.1) is 13.5 Å². The maximum absolute atomic E-state index is 12.8. The molecule has 154 valence electrons. The van der Waals surface area contributed by atoms with Gasteiger partial charge in [0.2, 0.25) is 5.91 Å². The first-order valence-electron chi connectivity index (χ1n) is 10.6. The zero-order valence-electron chi connectivity index (χ0n) is 17.7. The Morgan fingerprint density at radius 2 is 1.70 bits per heavy atom. The summed E-state index contributed by atoms with van der Waals surface area (Å²) < 4.78 is 5.39. The minimum Gasteiger partial charge on any atom is -0.496 e. The summed E-state index contributed by atoms with van der Waals surface area (Å²) in [6.45, 7) is 3.60. The molecule has 0 aliphatic carbocycles. The molecular formula is C26H28N2O2. The van der Waals surface area contributed by atoms with E-state index in [1.807, 2.05) is 35.2 Å². The number of nitrogens with zero attached hydrogens (tertiary/aromatic N) is 2. The zero-order valence-corrected chi connectivity index (χ0v) is 17.7. The quantitative estimate of drug-likeness (QED) is 0.604. The Morgan fingerprint density at radius 1 is 1.00 bits per heavy atom. The minimum absolute atomic E-state index is 0.167. The average molecular weight is 401 g/mol. The Kier molecular flexibility index (Phi) is 6.12. The summed E-state index contributed by atoms with van der Waals surface area (Å²) in [6.07, 6.45) is 2.28. The highest BCUT2D eigenvalue weighted by Gasteiger charge is 2.25. The average Bonchev–Trinajstić information content (AvgIpc) is 2.79. The number of ether oxygens (including phenoxy) is 1. The number of rotatable bonds is 5. The second-order valence-corrected chi connectivity index (χ2v) is 7.93. The third kappa shape index (κ3) is 4.54. The van der Waals surface area contributed by atoms with Crippen molar-refractivity contribution >= 4 is 5.91 Å². The summed E-state index contributed by atoms with van der Waals surface area (Å²) in [4.78, 5) is 19.6. The Hall–Kier alpha value is -3.14. The molecule has 1 aliphatic heterocycles. The lowest BCUT2D eigenvalue weighted by atomic mass is 9.91. The molecule has 0 atom stereocenters. The topological polar surface area (TPSA) is 42.4 Å². The van der Waals surface area contributed by atoms with Gasteiger partial charge in [0, 0.05) is 36.0 Å². The number of hydrogen-bond acceptors (Lipinski definition) is 3. The molecule has 0 spiro atoms. The maximum Gasteiger partial charge on any atom is 0.227 e. The van der Waals surface area contributed by atoms with Gasteiger partial charge in [-0.1, -0.05) is 48.5 Å². The first-order valence-corrected chi connectivity index (χ1v) is 10.6. The van der Waals surface area contributed by atoms with Crippen LogP contribution in [-0.4, -0.2) is 36.0 Å². The minimum atomic E-state index is 0.167. The van der Waals surface area contributed by atoms with Crippen LogP contribution < -0.4 is 4.74 Å². The van der Waals surface area contributed by atoms with Crippen molar-refractivity contribution in [1.29, 1.82) is 0 Å². The molecule has 1 saturated heterocycles. The first kappa shape index (κ1) is 20.1. The summed E-state index contributed by atoms with van der Waals surface area (Å²) in [6, 6.07) is 22.6. The standard InChI is InChI=1S/C26H28N2O2/c1-19-16-23(20-8-4-3-5-9-20)17-24(27-19)21-12-14-28(15-13-21)26(29)18-22-10-6-7-11-25(22)30-2/h3-11,16-17,21H,12-15,18H2,1-2H3. The zero-order chi connectivity index (χ0) is 20.9. The Bertz CT molecular complexity index is 1010. The van der Waals surface area contributed by atoms with Crippen molar-refractivity contribution in [3.05, 3.63) is 83.7 Å². The second kappa shape index (κ2) is 9.12. The summed E-state index contributed by atoms with van der Waals surface area (Å²) in [5.41, 5.74) is 5.56. The molecule has 1 fully saturated rings. The lowest BCUT2D eigenvalue weighted by molar-refractivity contribution is -0.131. The van der Waals surface area contributed by atoms with Crippen molar-refractivity contribution in [2.45, 2.75) is 32.1 Å². The molecule has 4 heteroatoms. The molecule has 0 saturated carbocycles. The van der Waals surface area contributed by atoms with Gasteiger partial charge < -0.3 is 9.64 Å². The van der Waals surface area contributed by atoms with E-state index in [4.69, 9.17) is 9.72 Å². The van der Waals surface area contributed by atoms with E-state index in [1.54, 1.807) is 7.11 Å². The Balaban J connectivity index is 1.42. The highest BCUT2D eigenvalue weighted by atomic mass is 16.5. The number of carbonyl (C=O) groups is 1. The highest BCUT2D eigenvalue weighted by Crippen LogP contribution is 2.31. The van der Waals surface area contributed by atoms with E-state index in [9.17, 15) is 4.79 Å². The predicted molar refractivity (Wildman–Crippen MR) is 120 cm³/mol. The number of aryl methyl sites for hydroxylation is 1. The van der Waals surface area contributed by atoms with Crippen molar-refractivity contribution in [3.8, 4) is 16.9 Å². The van der Waals surface area contributed by atoms with E-state index in [2.05, 4.69) is 43.3 Å². The molecule has 0 N–H and O–H groups in total. The molecule has 0 bridgehead atoms. The summed E-state index contributed by atoms with van der Waals surface area (Å²) in [7, 11) is 1.65. The Labute approximate surface area is 178 Å². The molecular weight excluding hydrogens is 372 g/mol. The van der Waals surface area contributed by atoms with Crippen LogP contribution in [0.15, 0.2) is 66.7 Å². The molecule has 1 amide bonds. The van der Waals surface area contributed by atoms with Crippen molar-refractivity contribution < 1.29 is 9.53 Å². The van der Waals surface area contributed by atoms with E-state index >= 15 is 0 Å². The molecule has 2 heterocycles. The molecule has 1 aliphatic rings. The molecule has 3 aromatic rings. The Morgan fingerprint density at radius 3 is 2.43 bits per heavy atom. The van der Waals surface area contributed by atoms with Crippen molar-refractivity contribution in [2.24, 2.45) is 0 Å². The van der Waals surface area contributed by atoms with E-state index in [-0.39, 0.29) is 5.91 Å². The van der Waals surface area contributed by atoms with Crippen LogP contribution >= 0.6 is 0 Å². The number of aromatic nitrogens is 1. The van der Waals surface area contributed by atoms with E-state index in [1.165, 1.54) is 11.1 Å². The van der Waals surface area contributed by atoms with Gasteiger partial charge in [0.1, 0.15) is 5.75 Å². The number of amides is 1. The van der Waals surface area contributed by atoms with Crippen LogP contribution in [0.1, 0.15) is 35.7 Å². The number of hydrogen-bond donors (Lipinski definition) is 0. The van der Waals surface area contributed by atoms with Crippen molar-refractivity contribution in [2.75, 3.05) is 20.2 Å². The second-order valence-electron chi connectivity index (χ2n) is 7.93. The van der Waals surface area contributed by atoms with Crippen LogP contribution in [0.25, 0.3) is 11.1 Å². The number of likely N-dealkylation sites (tertiary alicyclic amines) is 1. The lowest BCUT2D eigenvalue weighted by Gasteiger charge is -2.32. The van der Waals surface area contributed by atoms with Crippen LogP contribution in [0.3, 0.4) is 0 Å². The fraction of sp³-hybridized carbons (Fsp3) is 0.308. The fourth-order valence-electron chi connectivity index (χ4n) is 4.25. The molecule has 2 aromatic carbocycles. The number of carbonyl (C=O) groups excluding carboxylic acids is 1.